The predicted octanol–water partition coefficient (Wildman–Crippen LogP) is 4.96. The van der Waals surface area contributed by atoms with Crippen LogP contribution in [-0.2, 0) is 11.3 Å². The second kappa shape index (κ2) is 7.79. The number of rotatable bonds is 6. The van der Waals surface area contributed by atoms with Gasteiger partial charge in [0.2, 0.25) is 5.91 Å². The third-order valence-corrected chi connectivity index (χ3v) is 4.07. The SMILES string of the molecule is CCCC(C)C(=O)N(Cc1ccccc1C)c1ccccc1. The number of anilines is 1. The van der Waals surface area contributed by atoms with Crippen LogP contribution in [0.2, 0.25) is 0 Å². The minimum Gasteiger partial charge on any atom is -0.308 e. The predicted molar refractivity (Wildman–Crippen MR) is 92.9 cm³/mol. The molecule has 0 bridgehead atoms. The van der Waals surface area contributed by atoms with Crippen molar-refractivity contribution in [2.75, 3.05) is 4.90 Å². The third kappa shape index (κ3) is 3.97. The number of amides is 1. The van der Waals surface area contributed by atoms with Crippen LogP contribution in [0.4, 0.5) is 5.69 Å². The van der Waals surface area contributed by atoms with Crippen molar-refractivity contribution in [3.8, 4) is 0 Å². The van der Waals surface area contributed by atoms with Gasteiger partial charge in [-0.1, -0.05) is 62.7 Å². The summed E-state index contributed by atoms with van der Waals surface area (Å²) in [5.41, 5.74) is 3.39. The maximum Gasteiger partial charge on any atom is 0.230 e. The third-order valence-electron chi connectivity index (χ3n) is 4.07. The molecule has 0 aromatic heterocycles. The highest BCUT2D eigenvalue weighted by molar-refractivity contribution is 5.94. The largest absolute Gasteiger partial charge is 0.308 e. The van der Waals surface area contributed by atoms with E-state index in [0.717, 1.165) is 18.5 Å². The molecule has 1 atom stereocenters. The van der Waals surface area contributed by atoms with E-state index in [9.17, 15) is 4.79 Å². The summed E-state index contributed by atoms with van der Waals surface area (Å²) in [6.45, 7) is 6.87. The maximum absolute atomic E-state index is 12.9. The van der Waals surface area contributed by atoms with Gasteiger partial charge in [0.1, 0.15) is 0 Å². The molecule has 2 rings (SSSR count). The van der Waals surface area contributed by atoms with Crippen LogP contribution in [0.25, 0.3) is 0 Å². The van der Waals surface area contributed by atoms with Gasteiger partial charge in [0.05, 0.1) is 6.54 Å². The van der Waals surface area contributed by atoms with Crippen LogP contribution in [0, 0.1) is 12.8 Å². The van der Waals surface area contributed by atoms with Gasteiger partial charge in [-0.25, -0.2) is 0 Å². The smallest absolute Gasteiger partial charge is 0.230 e. The van der Waals surface area contributed by atoms with E-state index >= 15 is 0 Å². The summed E-state index contributed by atoms with van der Waals surface area (Å²) in [6.07, 6.45) is 1.95. The van der Waals surface area contributed by atoms with Gasteiger partial charge >= 0.3 is 0 Å². The van der Waals surface area contributed by atoms with Crippen LogP contribution in [0.15, 0.2) is 54.6 Å². The Morgan fingerprint density at radius 3 is 2.32 bits per heavy atom. The van der Waals surface area contributed by atoms with Crippen molar-refractivity contribution in [3.63, 3.8) is 0 Å². The van der Waals surface area contributed by atoms with Gasteiger partial charge in [0.25, 0.3) is 0 Å². The van der Waals surface area contributed by atoms with Crippen LogP contribution in [0.3, 0.4) is 0 Å². The number of benzene rings is 2. The van der Waals surface area contributed by atoms with E-state index in [1.54, 1.807) is 0 Å². The number of hydrogen-bond donors (Lipinski definition) is 0. The highest BCUT2D eigenvalue weighted by Gasteiger charge is 2.21. The van der Waals surface area contributed by atoms with E-state index in [1.807, 2.05) is 54.3 Å². The van der Waals surface area contributed by atoms with Gasteiger partial charge in [-0.05, 0) is 36.6 Å². The molecule has 2 aromatic rings. The molecule has 1 unspecified atom stereocenters. The Labute approximate surface area is 133 Å². The minimum absolute atomic E-state index is 0.0502. The molecule has 22 heavy (non-hydrogen) atoms. The first kappa shape index (κ1) is 16.3. The van der Waals surface area contributed by atoms with Crippen molar-refractivity contribution in [1.29, 1.82) is 0 Å². The summed E-state index contributed by atoms with van der Waals surface area (Å²) >= 11 is 0. The molecule has 2 heteroatoms. The van der Waals surface area contributed by atoms with E-state index in [2.05, 4.69) is 26.0 Å². The van der Waals surface area contributed by atoms with Crippen LogP contribution in [0.1, 0.15) is 37.8 Å². The molecule has 2 nitrogen and oxygen atoms in total. The molecule has 0 saturated heterocycles. The van der Waals surface area contributed by atoms with Gasteiger partial charge in [0, 0.05) is 11.6 Å². The number of carbonyl (C=O) groups is 1. The first-order valence-corrected chi connectivity index (χ1v) is 8.04. The molecule has 1 amide bonds. The van der Waals surface area contributed by atoms with E-state index in [0.29, 0.717) is 6.54 Å². The zero-order chi connectivity index (χ0) is 15.9. The second-order valence-electron chi connectivity index (χ2n) is 5.88. The van der Waals surface area contributed by atoms with Gasteiger partial charge < -0.3 is 4.90 Å². The number of hydrogen-bond acceptors (Lipinski definition) is 1. The molecule has 0 heterocycles. The van der Waals surface area contributed by atoms with E-state index < -0.39 is 0 Å². The van der Waals surface area contributed by atoms with Crippen LogP contribution >= 0.6 is 0 Å². The fraction of sp³-hybridized carbons (Fsp3) is 0.350. The number of aryl methyl sites for hydroxylation is 1. The summed E-state index contributed by atoms with van der Waals surface area (Å²) in [5.74, 6) is 0.255. The fourth-order valence-corrected chi connectivity index (χ4v) is 2.68. The highest BCUT2D eigenvalue weighted by Crippen LogP contribution is 2.22. The lowest BCUT2D eigenvalue weighted by molar-refractivity contribution is -0.122. The monoisotopic (exact) mass is 295 g/mol. The topological polar surface area (TPSA) is 20.3 Å². The van der Waals surface area contributed by atoms with Crippen LogP contribution < -0.4 is 4.90 Å². The zero-order valence-corrected chi connectivity index (χ0v) is 13.8. The number of carbonyl (C=O) groups excluding carboxylic acids is 1. The average molecular weight is 295 g/mol. The Bertz CT molecular complexity index is 606. The summed E-state index contributed by atoms with van der Waals surface area (Å²) in [6, 6.07) is 18.2. The molecule has 0 spiro atoms. The van der Waals surface area contributed by atoms with Crippen molar-refractivity contribution in [2.24, 2.45) is 5.92 Å². The van der Waals surface area contributed by atoms with Crippen molar-refractivity contribution in [2.45, 2.75) is 40.2 Å². The van der Waals surface area contributed by atoms with Gasteiger partial charge in [-0.15, -0.1) is 0 Å². The summed E-state index contributed by atoms with van der Waals surface area (Å²) in [4.78, 5) is 14.8. The van der Waals surface area contributed by atoms with Crippen molar-refractivity contribution >= 4 is 11.6 Å². The molecule has 2 aromatic carbocycles. The molecule has 0 radical (unpaired) electrons. The summed E-state index contributed by atoms with van der Waals surface area (Å²) in [7, 11) is 0. The molecule has 0 fully saturated rings. The molecule has 116 valence electrons. The molecule has 0 aliphatic heterocycles. The average Bonchev–Trinajstić information content (AvgIpc) is 2.54. The Morgan fingerprint density at radius 1 is 1.05 bits per heavy atom. The van der Waals surface area contributed by atoms with Gasteiger partial charge in [0.15, 0.2) is 0 Å². The zero-order valence-electron chi connectivity index (χ0n) is 13.8. The van der Waals surface area contributed by atoms with Crippen LogP contribution in [0.5, 0.6) is 0 Å². The fourth-order valence-electron chi connectivity index (χ4n) is 2.68. The Morgan fingerprint density at radius 2 is 1.68 bits per heavy atom. The van der Waals surface area contributed by atoms with Crippen molar-refractivity contribution in [1.82, 2.24) is 0 Å². The molecule has 0 aliphatic carbocycles. The highest BCUT2D eigenvalue weighted by atomic mass is 16.2. The normalized spacial score (nSPS) is 12.0. The Hall–Kier alpha value is -2.09. The second-order valence-corrected chi connectivity index (χ2v) is 5.88. The maximum atomic E-state index is 12.9. The lowest BCUT2D eigenvalue weighted by atomic mass is 10.0. The lowest BCUT2D eigenvalue weighted by Crippen LogP contribution is -2.35. The molecular weight excluding hydrogens is 270 g/mol. The van der Waals surface area contributed by atoms with Crippen molar-refractivity contribution < 1.29 is 4.79 Å². The van der Waals surface area contributed by atoms with E-state index in [4.69, 9.17) is 0 Å². The number of nitrogens with zero attached hydrogens (tertiary/aromatic N) is 1. The molecular formula is C20H25NO. The molecule has 0 aliphatic rings. The van der Waals surface area contributed by atoms with Crippen molar-refractivity contribution in [3.05, 3.63) is 65.7 Å². The first-order valence-electron chi connectivity index (χ1n) is 8.04. The van der Waals surface area contributed by atoms with Crippen LogP contribution in [-0.4, -0.2) is 5.91 Å². The summed E-state index contributed by atoms with van der Waals surface area (Å²) < 4.78 is 0. The standard InChI is InChI=1S/C20H25NO/c1-4-10-17(3)20(22)21(19-13-6-5-7-14-19)15-18-12-9-8-11-16(18)2/h5-9,11-14,17H,4,10,15H2,1-3H3. The van der Waals surface area contributed by atoms with Gasteiger partial charge in [-0.2, -0.15) is 0 Å². The Balaban J connectivity index is 2.30. The lowest BCUT2D eigenvalue weighted by Gasteiger charge is -2.26. The quantitative estimate of drug-likeness (QED) is 0.737. The first-order chi connectivity index (χ1) is 10.6. The van der Waals surface area contributed by atoms with E-state index in [1.165, 1.54) is 11.1 Å². The molecule has 0 N–H and O–H groups in total. The van der Waals surface area contributed by atoms with E-state index in [-0.39, 0.29) is 11.8 Å². The number of para-hydroxylation sites is 1. The van der Waals surface area contributed by atoms with Gasteiger partial charge in [-0.3, -0.25) is 4.79 Å². The molecule has 0 saturated carbocycles. The summed E-state index contributed by atoms with van der Waals surface area (Å²) in [5, 5.41) is 0. The minimum atomic E-state index is 0.0502. The Kier molecular flexibility index (Phi) is 5.76.